The van der Waals surface area contributed by atoms with Gasteiger partial charge in [0.1, 0.15) is 5.82 Å². The monoisotopic (exact) mass is 220 g/mol. The first-order chi connectivity index (χ1) is 7.70. The zero-order valence-corrected chi connectivity index (χ0v) is 9.27. The molecule has 0 aliphatic carbocycles. The Morgan fingerprint density at radius 1 is 1.44 bits per heavy atom. The molecule has 2 aromatic rings. The van der Waals surface area contributed by atoms with Crippen LogP contribution in [0.15, 0.2) is 30.6 Å². The third-order valence-electron chi connectivity index (χ3n) is 2.50. The number of nitrogens with zero attached hydrogens (tertiary/aromatic N) is 2. The summed E-state index contributed by atoms with van der Waals surface area (Å²) in [5, 5.41) is 0. The third kappa shape index (κ3) is 2.05. The second-order valence-corrected chi connectivity index (χ2v) is 3.60. The van der Waals surface area contributed by atoms with E-state index in [1.54, 1.807) is 12.3 Å². The van der Waals surface area contributed by atoms with E-state index < -0.39 is 0 Å². The van der Waals surface area contributed by atoms with Crippen LogP contribution in [-0.2, 0) is 13.5 Å². The lowest BCUT2D eigenvalue weighted by Gasteiger charge is -2.05. The molecule has 0 aliphatic heterocycles. The smallest absolute Gasteiger partial charge is 0.165 e. The Balaban J connectivity index is 2.23. The molecule has 2 rings (SSSR count). The average molecular weight is 220 g/mol. The molecule has 0 saturated carbocycles. The summed E-state index contributed by atoms with van der Waals surface area (Å²) < 4.78 is 20.2. The number of hydrogen-bond acceptors (Lipinski definition) is 2. The summed E-state index contributed by atoms with van der Waals surface area (Å²) in [6.45, 7) is 0. The summed E-state index contributed by atoms with van der Waals surface area (Å²) in [6.07, 6.45) is 4.22. The third-order valence-corrected chi connectivity index (χ3v) is 2.50. The summed E-state index contributed by atoms with van der Waals surface area (Å²) in [5.41, 5.74) is 0.882. The van der Waals surface area contributed by atoms with Gasteiger partial charge >= 0.3 is 0 Å². The summed E-state index contributed by atoms with van der Waals surface area (Å²) in [4.78, 5) is 4.19. The number of rotatable bonds is 3. The molecule has 0 spiro atoms. The molecule has 0 bridgehead atoms. The Bertz CT molecular complexity index is 494. The first-order valence-electron chi connectivity index (χ1n) is 4.99. The minimum absolute atomic E-state index is 0.267. The Morgan fingerprint density at radius 3 is 2.81 bits per heavy atom. The van der Waals surface area contributed by atoms with Gasteiger partial charge in [-0.2, -0.15) is 0 Å². The van der Waals surface area contributed by atoms with Crippen LogP contribution in [0, 0.1) is 5.82 Å². The molecule has 0 N–H and O–H groups in total. The molecule has 0 saturated heterocycles. The maximum atomic E-state index is 13.4. The molecule has 0 fully saturated rings. The Kier molecular flexibility index (Phi) is 2.90. The number of benzene rings is 1. The summed E-state index contributed by atoms with van der Waals surface area (Å²) in [5.74, 6) is 0.836. The van der Waals surface area contributed by atoms with Crippen LogP contribution in [0.2, 0.25) is 0 Å². The fraction of sp³-hybridized carbons (Fsp3) is 0.250. The number of aryl methyl sites for hydroxylation is 1. The highest BCUT2D eigenvalue weighted by molar-refractivity contribution is 5.30. The fourth-order valence-electron chi connectivity index (χ4n) is 1.57. The zero-order chi connectivity index (χ0) is 11.5. The quantitative estimate of drug-likeness (QED) is 0.792. The Labute approximate surface area is 93.5 Å². The van der Waals surface area contributed by atoms with Gasteiger partial charge < -0.3 is 9.30 Å². The van der Waals surface area contributed by atoms with E-state index in [1.165, 1.54) is 13.2 Å². The van der Waals surface area contributed by atoms with Crippen LogP contribution in [-0.4, -0.2) is 16.7 Å². The van der Waals surface area contributed by atoms with Crippen molar-refractivity contribution in [3.05, 3.63) is 47.8 Å². The highest BCUT2D eigenvalue weighted by atomic mass is 19.1. The van der Waals surface area contributed by atoms with E-state index >= 15 is 0 Å². The van der Waals surface area contributed by atoms with E-state index in [-0.39, 0.29) is 11.6 Å². The van der Waals surface area contributed by atoms with Crippen molar-refractivity contribution in [1.29, 1.82) is 0 Å². The first kappa shape index (κ1) is 10.7. The van der Waals surface area contributed by atoms with Crippen molar-refractivity contribution >= 4 is 0 Å². The lowest BCUT2D eigenvalue weighted by atomic mass is 10.1. The number of hydrogen-bond donors (Lipinski definition) is 0. The van der Waals surface area contributed by atoms with Crippen molar-refractivity contribution in [2.45, 2.75) is 6.42 Å². The number of halogens is 1. The van der Waals surface area contributed by atoms with Crippen LogP contribution in [0.1, 0.15) is 11.4 Å². The van der Waals surface area contributed by atoms with Gasteiger partial charge in [0.25, 0.3) is 0 Å². The van der Waals surface area contributed by atoms with Gasteiger partial charge in [-0.15, -0.1) is 0 Å². The van der Waals surface area contributed by atoms with Crippen molar-refractivity contribution in [1.82, 2.24) is 9.55 Å². The van der Waals surface area contributed by atoms with Crippen LogP contribution in [0.3, 0.4) is 0 Å². The van der Waals surface area contributed by atoms with Crippen LogP contribution in [0.4, 0.5) is 4.39 Å². The van der Waals surface area contributed by atoms with E-state index in [0.717, 1.165) is 11.4 Å². The standard InChI is InChI=1S/C12H13FN2O/c1-15-6-5-14-12(15)8-9-3-4-11(16-2)10(13)7-9/h3-7H,8H2,1-2H3. The van der Waals surface area contributed by atoms with Crippen molar-refractivity contribution in [3.63, 3.8) is 0 Å². The predicted octanol–water partition coefficient (Wildman–Crippen LogP) is 2.16. The lowest BCUT2D eigenvalue weighted by Crippen LogP contribution is -1.99. The van der Waals surface area contributed by atoms with Crippen molar-refractivity contribution < 1.29 is 9.13 Å². The van der Waals surface area contributed by atoms with Gasteiger partial charge in [-0.05, 0) is 17.7 Å². The molecule has 0 radical (unpaired) electrons. The summed E-state index contributed by atoms with van der Waals surface area (Å²) >= 11 is 0. The van der Waals surface area contributed by atoms with E-state index in [4.69, 9.17) is 4.74 Å². The normalized spacial score (nSPS) is 10.4. The van der Waals surface area contributed by atoms with Gasteiger partial charge in [0.15, 0.2) is 11.6 Å². The van der Waals surface area contributed by atoms with Gasteiger partial charge in [-0.25, -0.2) is 9.37 Å². The van der Waals surface area contributed by atoms with Gasteiger partial charge in [0, 0.05) is 25.9 Å². The highest BCUT2D eigenvalue weighted by Gasteiger charge is 2.06. The topological polar surface area (TPSA) is 27.1 Å². The SMILES string of the molecule is COc1ccc(Cc2nccn2C)cc1F. The maximum Gasteiger partial charge on any atom is 0.165 e. The molecule has 1 heterocycles. The molecule has 16 heavy (non-hydrogen) atoms. The molecule has 1 aromatic carbocycles. The molecule has 0 unspecified atom stereocenters. The van der Waals surface area contributed by atoms with E-state index in [2.05, 4.69) is 4.98 Å². The van der Waals surface area contributed by atoms with E-state index in [9.17, 15) is 4.39 Å². The number of methoxy groups -OCH3 is 1. The predicted molar refractivity (Wildman–Crippen MR) is 59.0 cm³/mol. The van der Waals surface area contributed by atoms with Crippen LogP contribution in [0.25, 0.3) is 0 Å². The van der Waals surface area contributed by atoms with Crippen molar-refractivity contribution in [2.75, 3.05) is 7.11 Å². The number of ether oxygens (including phenoxy) is 1. The van der Waals surface area contributed by atoms with E-state index in [1.807, 2.05) is 23.9 Å². The second kappa shape index (κ2) is 4.35. The minimum Gasteiger partial charge on any atom is -0.494 e. The molecule has 0 atom stereocenters. The molecule has 0 amide bonds. The molecule has 0 aliphatic rings. The number of imidazole rings is 1. The zero-order valence-electron chi connectivity index (χ0n) is 9.27. The van der Waals surface area contributed by atoms with E-state index in [0.29, 0.717) is 6.42 Å². The molecular weight excluding hydrogens is 207 g/mol. The molecule has 4 heteroatoms. The lowest BCUT2D eigenvalue weighted by molar-refractivity contribution is 0.386. The van der Waals surface area contributed by atoms with Gasteiger partial charge in [0.05, 0.1) is 7.11 Å². The van der Waals surface area contributed by atoms with Crippen LogP contribution >= 0.6 is 0 Å². The fourth-order valence-corrected chi connectivity index (χ4v) is 1.57. The Morgan fingerprint density at radius 2 is 2.25 bits per heavy atom. The van der Waals surface area contributed by atoms with Gasteiger partial charge in [-0.1, -0.05) is 6.07 Å². The summed E-state index contributed by atoms with van der Waals surface area (Å²) in [7, 11) is 3.37. The molecule has 84 valence electrons. The second-order valence-electron chi connectivity index (χ2n) is 3.60. The van der Waals surface area contributed by atoms with Gasteiger partial charge in [0.2, 0.25) is 0 Å². The first-order valence-corrected chi connectivity index (χ1v) is 4.99. The van der Waals surface area contributed by atoms with Gasteiger partial charge in [-0.3, -0.25) is 0 Å². The molecule has 1 aromatic heterocycles. The maximum absolute atomic E-state index is 13.4. The average Bonchev–Trinajstić information content (AvgIpc) is 2.65. The largest absolute Gasteiger partial charge is 0.494 e. The highest BCUT2D eigenvalue weighted by Crippen LogP contribution is 2.19. The van der Waals surface area contributed by atoms with Crippen molar-refractivity contribution in [3.8, 4) is 5.75 Å². The summed E-state index contributed by atoms with van der Waals surface area (Å²) in [6, 6.07) is 4.96. The molecular formula is C12H13FN2O. The van der Waals surface area contributed by atoms with Crippen LogP contribution in [0.5, 0.6) is 5.75 Å². The molecule has 3 nitrogen and oxygen atoms in total. The minimum atomic E-state index is -0.339. The van der Waals surface area contributed by atoms with Crippen LogP contribution < -0.4 is 4.74 Å². The Hall–Kier alpha value is -1.84. The van der Waals surface area contributed by atoms with Crippen molar-refractivity contribution in [2.24, 2.45) is 7.05 Å². The number of aromatic nitrogens is 2.